The summed E-state index contributed by atoms with van der Waals surface area (Å²) in [5, 5.41) is 4.00. The molecule has 0 aromatic heterocycles. The van der Waals surface area contributed by atoms with Crippen molar-refractivity contribution in [3.05, 3.63) is 0 Å². The van der Waals surface area contributed by atoms with Crippen LogP contribution >= 0.6 is 0 Å². The van der Waals surface area contributed by atoms with Crippen molar-refractivity contribution in [3.8, 4) is 0 Å². The Morgan fingerprint density at radius 1 is 0.824 bits per heavy atom. The van der Waals surface area contributed by atoms with Gasteiger partial charge in [0, 0.05) is 6.04 Å². The predicted molar refractivity (Wildman–Crippen MR) is 148 cm³/mol. The Hall–Kier alpha value is -0.0800. The largest absolute Gasteiger partial charge is 0.330 e. The fourth-order valence-corrected chi connectivity index (χ4v) is 10.4. The third kappa shape index (κ3) is 5.44. The minimum Gasteiger partial charge on any atom is -0.330 e. The van der Waals surface area contributed by atoms with Gasteiger partial charge in [-0.15, -0.1) is 0 Å². The molecule has 2 heteroatoms. The molecular weight excluding hydrogens is 412 g/mol. The Balaban J connectivity index is 1.27. The van der Waals surface area contributed by atoms with Gasteiger partial charge in [0.25, 0.3) is 0 Å². The van der Waals surface area contributed by atoms with Crippen molar-refractivity contribution in [1.82, 2.24) is 5.32 Å². The molecule has 0 heterocycles. The monoisotopic (exact) mass is 472 g/mol. The minimum absolute atomic E-state index is 0.637. The number of fused-ring (bicyclic) bond motifs is 5. The SMILES string of the molecule is CCC[C@@H](C)[C@H]1CCC2C3CCC4C[C@@H](NCCCCCCCCN)CC[C@]4(C)C3CC[C@@]21C. The molecule has 2 nitrogen and oxygen atoms in total. The first-order valence-electron chi connectivity index (χ1n) is 15.9. The molecule has 4 fully saturated rings. The van der Waals surface area contributed by atoms with Gasteiger partial charge in [0.15, 0.2) is 0 Å². The lowest BCUT2D eigenvalue weighted by molar-refractivity contribution is -0.117. The van der Waals surface area contributed by atoms with Gasteiger partial charge in [-0.1, -0.05) is 66.2 Å². The zero-order valence-corrected chi connectivity index (χ0v) is 23.6. The van der Waals surface area contributed by atoms with E-state index in [1.54, 1.807) is 19.3 Å². The summed E-state index contributed by atoms with van der Waals surface area (Å²) in [6.45, 7) is 12.6. The first-order chi connectivity index (χ1) is 16.4. The summed E-state index contributed by atoms with van der Waals surface area (Å²) < 4.78 is 0. The number of hydrogen-bond donors (Lipinski definition) is 2. The Kier molecular flexibility index (Phi) is 9.50. The average Bonchev–Trinajstić information content (AvgIpc) is 3.18. The summed E-state index contributed by atoms with van der Waals surface area (Å²) >= 11 is 0. The highest BCUT2D eigenvalue weighted by Gasteiger charge is 2.60. The second kappa shape index (κ2) is 12.0. The maximum Gasteiger partial charge on any atom is 0.00701 e. The second-order valence-corrected chi connectivity index (χ2v) is 14.0. The van der Waals surface area contributed by atoms with E-state index >= 15 is 0 Å². The zero-order chi connectivity index (χ0) is 24.2. The Morgan fingerprint density at radius 3 is 2.29 bits per heavy atom. The molecule has 3 N–H and O–H groups in total. The molecule has 4 rings (SSSR count). The highest BCUT2D eigenvalue weighted by molar-refractivity contribution is 5.10. The van der Waals surface area contributed by atoms with Gasteiger partial charge in [0.1, 0.15) is 0 Å². The molecule has 0 saturated heterocycles. The van der Waals surface area contributed by atoms with E-state index in [-0.39, 0.29) is 0 Å². The quantitative estimate of drug-likeness (QED) is 0.280. The molecule has 4 saturated carbocycles. The van der Waals surface area contributed by atoms with E-state index in [1.165, 1.54) is 96.4 Å². The number of nitrogens with one attached hydrogen (secondary N) is 1. The fraction of sp³-hybridized carbons (Fsp3) is 1.00. The van der Waals surface area contributed by atoms with E-state index in [2.05, 4.69) is 33.0 Å². The van der Waals surface area contributed by atoms with Crippen molar-refractivity contribution < 1.29 is 0 Å². The zero-order valence-electron chi connectivity index (χ0n) is 23.6. The lowest BCUT2D eigenvalue weighted by Gasteiger charge is -2.61. The van der Waals surface area contributed by atoms with Gasteiger partial charge < -0.3 is 11.1 Å². The van der Waals surface area contributed by atoms with Crippen LogP contribution in [0.2, 0.25) is 0 Å². The van der Waals surface area contributed by atoms with E-state index in [9.17, 15) is 0 Å². The Labute approximate surface area is 213 Å². The molecule has 0 amide bonds. The van der Waals surface area contributed by atoms with Crippen LogP contribution in [0.5, 0.6) is 0 Å². The van der Waals surface area contributed by atoms with Gasteiger partial charge in [0.05, 0.1) is 0 Å². The Morgan fingerprint density at radius 2 is 1.53 bits per heavy atom. The smallest absolute Gasteiger partial charge is 0.00701 e. The predicted octanol–water partition coefficient (Wildman–Crippen LogP) is 8.34. The van der Waals surface area contributed by atoms with E-state index < -0.39 is 0 Å². The third-order valence-electron chi connectivity index (χ3n) is 12.2. The van der Waals surface area contributed by atoms with Crippen molar-refractivity contribution in [2.45, 2.75) is 143 Å². The maximum absolute atomic E-state index is 5.61. The molecule has 198 valence electrons. The molecule has 0 bridgehead atoms. The fourth-order valence-electron chi connectivity index (χ4n) is 10.4. The number of hydrogen-bond acceptors (Lipinski definition) is 2. The number of nitrogens with two attached hydrogens (primary N) is 1. The van der Waals surface area contributed by atoms with Crippen LogP contribution in [0.3, 0.4) is 0 Å². The highest BCUT2D eigenvalue weighted by atomic mass is 14.9. The molecule has 0 aliphatic heterocycles. The highest BCUT2D eigenvalue weighted by Crippen LogP contribution is 2.68. The minimum atomic E-state index is 0.637. The van der Waals surface area contributed by atoms with Crippen LogP contribution in [0.4, 0.5) is 0 Å². The van der Waals surface area contributed by atoms with Crippen LogP contribution in [-0.4, -0.2) is 19.1 Å². The third-order valence-corrected chi connectivity index (χ3v) is 12.2. The van der Waals surface area contributed by atoms with Crippen molar-refractivity contribution in [2.75, 3.05) is 13.1 Å². The summed E-state index contributed by atoms with van der Waals surface area (Å²) in [4.78, 5) is 0. The molecular formula is C32H60N2. The van der Waals surface area contributed by atoms with E-state index in [4.69, 9.17) is 5.73 Å². The van der Waals surface area contributed by atoms with Crippen LogP contribution in [0.15, 0.2) is 0 Å². The summed E-state index contributed by atoms with van der Waals surface area (Å²) in [6, 6.07) is 0.798. The molecule has 4 aliphatic rings. The summed E-state index contributed by atoms with van der Waals surface area (Å²) in [5.41, 5.74) is 6.90. The van der Waals surface area contributed by atoms with Crippen LogP contribution in [-0.2, 0) is 0 Å². The Bertz CT molecular complexity index is 618. The molecule has 0 aromatic rings. The van der Waals surface area contributed by atoms with E-state index in [0.29, 0.717) is 10.8 Å². The number of rotatable bonds is 12. The van der Waals surface area contributed by atoms with Crippen molar-refractivity contribution in [2.24, 2.45) is 52.1 Å². The lowest BCUT2D eigenvalue weighted by atomic mass is 9.44. The van der Waals surface area contributed by atoms with E-state index in [1.807, 2.05) is 0 Å². The maximum atomic E-state index is 5.61. The second-order valence-electron chi connectivity index (χ2n) is 14.0. The molecule has 0 radical (unpaired) electrons. The summed E-state index contributed by atoms with van der Waals surface area (Å²) in [7, 11) is 0. The lowest BCUT2D eigenvalue weighted by Crippen LogP contribution is -2.55. The van der Waals surface area contributed by atoms with Crippen LogP contribution in [0.25, 0.3) is 0 Å². The van der Waals surface area contributed by atoms with Gasteiger partial charge in [-0.05, 0) is 130 Å². The normalized spacial score (nSPS) is 42.6. The molecule has 34 heavy (non-hydrogen) atoms. The molecule has 9 atom stereocenters. The summed E-state index contributed by atoms with van der Waals surface area (Å²) in [5.74, 6) is 6.04. The first kappa shape index (κ1) is 27.0. The topological polar surface area (TPSA) is 38.0 Å². The van der Waals surface area contributed by atoms with Gasteiger partial charge in [-0.2, -0.15) is 0 Å². The van der Waals surface area contributed by atoms with Crippen LogP contribution in [0, 0.1) is 46.3 Å². The van der Waals surface area contributed by atoms with Gasteiger partial charge in [0.2, 0.25) is 0 Å². The molecule has 0 aromatic carbocycles. The molecule has 0 spiro atoms. The van der Waals surface area contributed by atoms with Crippen LogP contribution < -0.4 is 11.1 Å². The van der Waals surface area contributed by atoms with Crippen LogP contribution in [0.1, 0.15) is 137 Å². The van der Waals surface area contributed by atoms with Crippen molar-refractivity contribution >= 4 is 0 Å². The van der Waals surface area contributed by atoms with Crippen molar-refractivity contribution in [3.63, 3.8) is 0 Å². The molecule has 4 unspecified atom stereocenters. The van der Waals surface area contributed by atoms with Gasteiger partial charge in [-0.3, -0.25) is 0 Å². The summed E-state index contributed by atoms with van der Waals surface area (Å²) in [6.07, 6.45) is 24.5. The standard InChI is InChI=1S/C32H60N2/c1-5-12-24(2)28-15-16-29-27-14-13-25-23-26(34-22-11-9-7-6-8-10-21-33)17-19-31(25,3)30(27)18-20-32(28,29)4/h24-30,34H,5-23,33H2,1-4H3/t24-,25?,26+,27?,28-,29?,30?,31+,32-/m1/s1. The van der Waals surface area contributed by atoms with Gasteiger partial charge in [-0.25, -0.2) is 0 Å². The van der Waals surface area contributed by atoms with E-state index in [0.717, 1.165) is 48.1 Å². The van der Waals surface area contributed by atoms with Gasteiger partial charge >= 0.3 is 0 Å². The number of unbranched alkanes of at least 4 members (excludes halogenated alkanes) is 5. The van der Waals surface area contributed by atoms with Crippen molar-refractivity contribution in [1.29, 1.82) is 0 Å². The average molecular weight is 473 g/mol. The molecule has 4 aliphatic carbocycles. The first-order valence-corrected chi connectivity index (χ1v) is 15.9.